The summed E-state index contributed by atoms with van der Waals surface area (Å²) in [5.41, 5.74) is 1.70. The molecule has 0 spiro atoms. The Bertz CT molecular complexity index is 840. The molecule has 148 valence electrons. The number of benzene rings is 1. The molecular weight excluding hydrogens is 360 g/mol. The van der Waals surface area contributed by atoms with E-state index in [2.05, 4.69) is 31.2 Å². The van der Waals surface area contributed by atoms with Gasteiger partial charge in [0.2, 0.25) is 17.8 Å². The van der Waals surface area contributed by atoms with E-state index in [1.807, 2.05) is 37.3 Å². The van der Waals surface area contributed by atoms with Crippen LogP contribution in [0.3, 0.4) is 0 Å². The van der Waals surface area contributed by atoms with Crippen LogP contribution in [0.5, 0.6) is 5.75 Å². The van der Waals surface area contributed by atoms with Gasteiger partial charge < -0.3 is 26.0 Å². The second-order valence-electron chi connectivity index (χ2n) is 6.45. The van der Waals surface area contributed by atoms with Crippen molar-refractivity contribution in [3.05, 3.63) is 36.0 Å². The van der Waals surface area contributed by atoms with Crippen LogP contribution < -0.4 is 26.0 Å². The second kappa shape index (κ2) is 9.03. The minimum Gasteiger partial charge on any atom is -0.497 e. The zero-order valence-corrected chi connectivity index (χ0v) is 15.9. The molecule has 2 heterocycles. The third-order valence-corrected chi connectivity index (χ3v) is 4.24. The molecule has 1 aliphatic rings. The average molecular weight is 384 g/mol. The number of hydrogen-bond acceptors (Lipinski definition) is 7. The van der Waals surface area contributed by atoms with E-state index in [9.17, 15) is 9.59 Å². The van der Waals surface area contributed by atoms with E-state index < -0.39 is 6.04 Å². The number of nitrogens with one attached hydrogen (secondary N) is 4. The predicted octanol–water partition coefficient (Wildman–Crippen LogP) is 1.34. The molecule has 3 rings (SSSR count). The molecule has 9 nitrogen and oxygen atoms in total. The van der Waals surface area contributed by atoms with Crippen LogP contribution in [0.25, 0.3) is 0 Å². The van der Waals surface area contributed by atoms with Crippen LogP contribution in [0.4, 0.5) is 17.5 Å². The lowest BCUT2D eigenvalue weighted by atomic mass is 10.2. The predicted molar refractivity (Wildman–Crippen MR) is 106 cm³/mol. The van der Waals surface area contributed by atoms with E-state index in [0.717, 1.165) is 17.1 Å². The number of aryl methyl sites for hydroxylation is 1. The molecule has 1 atom stereocenters. The molecule has 2 amide bonds. The first-order chi connectivity index (χ1) is 13.5. The number of anilines is 3. The Morgan fingerprint density at radius 2 is 2.04 bits per heavy atom. The lowest BCUT2D eigenvalue weighted by Crippen LogP contribution is -2.43. The molecule has 9 heteroatoms. The van der Waals surface area contributed by atoms with E-state index in [-0.39, 0.29) is 11.8 Å². The number of methoxy groups -OCH3 is 1. The molecule has 28 heavy (non-hydrogen) atoms. The van der Waals surface area contributed by atoms with Crippen LogP contribution in [0.15, 0.2) is 30.3 Å². The van der Waals surface area contributed by atoms with Crippen LogP contribution in [0, 0.1) is 6.92 Å². The molecule has 1 aromatic heterocycles. The first-order valence-electron chi connectivity index (χ1n) is 9.11. The van der Waals surface area contributed by atoms with Crippen molar-refractivity contribution in [1.82, 2.24) is 20.6 Å². The fraction of sp³-hybridized carbons (Fsp3) is 0.368. The number of aromatic nitrogens is 2. The minimum absolute atomic E-state index is 0.0803. The Hall–Kier alpha value is -3.36. The van der Waals surface area contributed by atoms with Crippen molar-refractivity contribution in [2.75, 3.05) is 30.8 Å². The van der Waals surface area contributed by atoms with Gasteiger partial charge in [0, 0.05) is 37.0 Å². The molecule has 1 fully saturated rings. The van der Waals surface area contributed by atoms with E-state index in [1.165, 1.54) is 0 Å². The smallest absolute Gasteiger partial charge is 0.242 e. The topological polar surface area (TPSA) is 117 Å². The molecule has 0 bridgehead atoms. The SMILES string of the molecule is COc1ccc(Nc2cc(C)nc(NCCNC(=O)[C@H]3CCC(=O)N3)n2)cc1. The van der Waals surface area contributed by atoms with Gasteiger partial charge in [-0.05, 0) is 37.6 Å². The van der Waals surface area contributed by atoms with Crippen LogP contribution in [0.2, 0.25) is 0 Å². The maximum absolute atomic E-state index is 12.0. The summed E-state index contributed by atoms with van der Waals surface area (Å²) in [4.78, 5) is 31.9. The summed E-state index contributed by atoms with van der Waals surface area (Å²) in [7, 11) is 1.63. The van der Waals surface area contributed by atoms with Crippen molar-refractivity contribution in [3.8, 4) is 5.75 Å². The quantitative estimate of drug-likeness (QED) is 0.508. The zero-order valence-electron chi connectivity index (χ0n) is 15.9. The fourth-order valence-electron chi connectivity index (χ4n) is 2.83. The number of amides is 2. The van der Waals surface area contributed by atoms with Crippen molar-refractivity contribution >= 4 is 29.3 Å². The number of ether oxygens (including phenoxy) is 1. The maximum Gasteiger partial charge on any atom is 0.242 e. The summed E-state index contributed by atoms with van der Waals surface area (Å²) in [5, 5.41) is 11.8. The fourth-order valence-corrected chi connectivity index (χ4v) is 2.83. The van der Waals surface area contributed by atoms with Gasteiger partial charge in [0.15, 0.2) is 0 Å². The van der Waals surface area contributed by atoms with Crippen molar-refractivity contribution in [3.63, 3.8) is 0 Å². The molecule has 2 aromatic rings. The largest absolute Gasteiger partial charge is 0.497 e. The number of nitrogens with zero attached hydrogens (tertiary/aromatic N) is 2. The van der Waals surface area contributed by atoms with E-state index in [4.69, 9.17) is 4.74 Å². The Morgan fingerprint density at radius 1 is 1.25 bits per heavy atom. The molecule has 0 unspecified atom stereocenters. The van der Waals surface area contributed by atoms with Crippen LogP contribution >= 0.6 is 0 Å². The summed E-state index contributed by atoms with van der Waals surface area (Å²) >= 11 is 0. The van der Waals surface area contributed by atoms with Gasteiger partial charge in [-0.25, -0.2) is 4.98 Å². The molecule has 4 N–H and O–H groups in total. The van der Waals surface area contributed by atoms with Gasteiger partial charge in [0.05, 0.1) is 7.11 Å². The zero-order chi connectivity index (χ0) is 19.9. The molecule has 0 radical (unpaired) electrons. The summed E-state index contributed by atoms with van der Waals surface area (Å²) < 4.78 is 5.15. The van der Waals surface area contributed by atoms with E-state index in [0.29, 0.717) is 37.7 Å². The highest BCUT2D eigenvalue weighted by atomic mass is 16.5. The summed E-state index contributed by atoms with van der Waals surface area (Å²) in [6.07, 6.45) is 0.941. The van der Waals surface area contributed by atoms with Crippen molar-refractivity contribution in [2.24, 2.45) is 0 Å². The van der Waals surface area contributed by atoms with Gasteiger partial charge in [-0.3, -0.25) is 9.59 Å². The van der Waals surface area contributed by atoms with Crippen LogP contribution in [0.1, 0.15) is 18.5 Å². The van der Waals surface area contributed by atoms with Crippen molar-refractivity contribution in [2.45, 2.75) is 25.8 Å². The van der Waals surface area contributed by atoms with E-state index in [1.54, 1.807) is 7.11 Å². The number of rotatable bonds is 8. The lowest BCUT2D eigenvalue weighted by Gasteiger charge is -2.12. The normalized spacial score (nSPS) is 15.6. The first kappa shape index (κ1) is 19.4. The maximum atomic E-state index is 12.0. The summed E-state index contributed by atoms with van der Waals surface area (Å²) in [6.45, 7) is 2.76. The Kier molecular flexibility index (Phi) is 6.25. The number of carbonyl (C=O) groups is 2. The van der Waals surface area contributed by atoms with Crippen molar-refractivity contribution in [1.29, 1.82) is 0 Å². The summed E-state index contributed by atoms with van der Waals surface area (Å²) in [6, 6.07) is 8.96. The lowest BCUT2D eigenvalue weighted by molar-refractivity contribution is -0.125. The highest BCUT2D eigenvalue weighted by Gasteiger charge is 2.26. The Balaban J connectivity index is 1.50. The monoisotopic (exact) mass is 384 g/mol. The molecule has 0 aliphatic carbocycles. The number of carbonyl (C=O) groups excluding carboxylic acids is 2. The third kappa shape index (κ3) is 5.32. The first-order valence-corrected chi connectivity index (χ1v) is 9.11. The van der Waals surface area contributed by atoms with Gasteiger partial charge in [-0.15, -0.1) is 0 Å². The van der Waals surface area contributed by atoms with Gasteiger partial charge in [0.1, 0.15) is 17.6 Å². The van der Waals surface area contributed by atoms with Gasteiger partial charge in [-0.1, -0.05) is 0 Å². The molecule has 0 saturated carbocycles. The minimum atomic E-state index is -0.428. The molecule has 1 saturated heterocycles. The Morgan fingerprint density at radius 3 is 2.71 bits per heavy atom. The third-order valence-electron chi connectivity index (χ3n) is 4.24. The standard InChI is InChI=1S/C19H24N6O3/c1-12-11-16(23-13-3-5-14(28-2)6-4-13)25-19(22-12)21-10-9-20-18(27)15-7-8-17(26)24-15/h3-6,11,15H,7-10H2,1-2H3,(H,20,27)(H,24,26)(H2,21,22,23,25)/t15-/m1/s1. The molecule has 1 aromatic carbocycles. The summed E-state index contributed by atoms with van der Waals surface area (Å²) in [5.74, 6) is 1.67. The van der Waals surface area contributed by atoms with Crippen LogP contribution in [-0.4, -0.2) is 48.0 Å². The van der Waals surface area contributed by atoms with Gasteiger partial charge in [0.25, 0.3) is 0 Å². The second-order valence-corrected chi connectivity index (χ2v) is 6.45. The van der Waals surface area contributed by atoms with Crippen molar-refractivity contribution < 1.29 is 14.3 Å². The van der Waals surface area contributed by atoms with Gasteiger partial charge >= 0.3 is 0 Å². The highest BCUT2D eigenvalue weighted by Crippen LogP contribution is 2.19. The Labute approximate surface area is 163 Å². The molecule has 1 aliphatic heterocycles. The number of hydrogen-bond donors (Lipinski definition) is 4. The van der Waals surface area contributed by atoms with Crippen LogP contribution in [-0.2, 0) is 9.59 Å². The molecular formula is C19H24N6O3. The highest BCUT2D eigenvalue weighted by molar-refractivity contribution is 5.90. The van der Waals surface area contributed by atoms with Gasteiger partial charge in [-0.2, -0.15) is 4.98 Å². The van der Waals surface area contributed by atoms with E-state index >= 15 is 0 Å². The average Bonchev–Trinajstić information content (AvgIpc) is 3.12.